The quantitative estimate of drug-likeness (QED) is 0.837. The lowest BCUT2D eigenvalue weighted by atomic mass is 9.90. The molecule has 1 aliphatic rings. The molecule has 0 bridgehead atoms. The maximum Gasteiger partial charge on any atom is 0.409 e. The molecule has 134 valence electrons. The lowest BCUT2D eigenvalue weighted by Crippen LogP contribution is -2.38. The smallest absolute Gasteiger partial charge is 0.409 e. The van der Waals surface area contributed by atoms with Gasteiger partial charge in [-0.1, -0.05) is 30.3 Å². The Morgan fingerprint density at radius 2 is 1.96 bits per heavy atom. The Morgan fingerprint density at radius 3 is 2.64 bits per heavy atom. The van der Waals surface area contributed by atoms with Crippen LogP contribution in [0.4, 0.5) is 4.79 Å². The second-order valence-corrected chi connectivity index (χ2v) is 6.28. The molecule has 0 N–H and O–H groups in total. The summed E-state index contributed by atoms with van der Waals surface area (Å²) >= 11 is 0. The Bertz CT molecular complexity index is 691. The van der Waals surface area contributed by atoms with E-state index >= 15 is 0 Å². The van der Waals surface area contributed by atoms with E-state index in [2.05, 4.69) is 5.10 Å². The molecule has 1 aromatic carbocycles. The summed E-state index contributed by atoms with van der Waals surface area (Å²) in [6.07, 6.45) is 3.53. The maximum atomic E-state index is 11.8. The lowest BCUT2D eigenvalue weighted by molar-refractivity contribution is 0.0652. The van der Waals surface area contributed by atoms with Gasteiger partial charge in [0.05, 0.1) is 18.5 Å². The molecule has 6 heteroatoms. The lowest BCUT2D eigenvalue weighted by Gasteiger charge is -2.31. The van der Waals surface area contributed by atoms with Gasteiger partial charge < -0.3 is 14.5 Å². The molecule has 0 atom stereocenters. The highest BCUT2D eigenvalue weighted by molar-refractivity contribution is 5.67. The first-order valence-electron chi connectivity index (χ1n) is 8.82. The van der Waals surface area contributed by atoms with Crippen LogP contribution in [-0.2, 0) is 11.3 Å². The summed E-state index contributed by atoms with van der Waals surface area (Å²) in [5, 5.41) is 4.38. The zero-order valence-electron chi connectivity index (χ0n) is 14.9. The molecule has 1 amide bonds. The van der Waals surface area contributed by atoms with Crippen molar-refractivity contribution in [1.82, 2.24) is 14.8 Å². The normalized spacial score (nSPS) is 15.2. The molecule has 1 aromatic heterocycles. The van der Waals surface area contributed by atoms with Gasteiger partial charge in [-0.3, -0.25) is 0 Å². The van der Waals surface area contributed by atoms with Crippen LogP contribution in [0.25, 0.3) is 0 Å². The second-order valence-electron chi connectivity index (χ2n) is 6.28. The van der Waals surface area contributed by atoms with Crippen LogP contribution in [0, 0.1) is 6.92 Å². The van der Waals surface area contributed by atoms with Gasteiger partial charge in [-0.2, -0.15) is 0 Å². The summed E-state index contributed by atoms with van der Waals surface area (Å²) < 4.78 is 5.07. The highest BCUT2D eigenvalue weighted by atomic mass is 16.7. The minimum atomic E-state index is -0.209. The number of carbonyl (C=O) groups is 1. The van der Waals surface area contributed by atoms with Crippen LogP contribution in [0.5, 0.6) is 0 Å². The van der Waals surface area contributed by atoms with Crippen molar-refractivity contribution in [3.8, 4) is 0 Å². The summed E-state index contributed by atoms with van der Waals surface area (Å²) in [5.74, 6) is 0.403. The van der Waals surface area contributed by atoms with Crippen LogP contribution in [0.2, 0.25) is 0 Å². The van der Waals surface area contributed by atoms with Gasteiger partial charge in [0.2, 0.25) is 0 Å². The van der Waals surface area contributed by atoms with E-state index in [-0.39, 0.29) is 6.09 Å². The standard InChI is InChI=1S/C19H25N3O3/c1-3-24-19(23)21-11-9-17(10-12-21)18-13-20-22(15(18)2)25-14-16-7-5-4-6-8-16/h4-8,13,17H,3,9-12,14H2,1-2H3. The third kappa shape index (κ3) is 4.13. The number of aromatic nitrogens is 2. The molecular formula is C19H25N3O3. The van der Waals surface area contributed by atoms with Gasteiger partial charge in [-0.15, -0.1) is 9.94 Å². The van der Waals surface area contributed by atoms with Crippen molar-refractivity contribution >= 4 is 6.09 Å². The topological polar surface area (TPSA) is 56.6 Å². The highest BCUT2D eigenvalue weighted by Gasteiger charge is 2.27. The molecule has 1 fully saturated rings. The fraction of sp³-hybridized carbons (Fsp3) is 0.474. The van der Waals surface area contributed by atoms with Gasteiger partial charge in [-0.05, 0) is 38.2 Å². The largest absolute Gasteiger partial charge is 0.450 e. The van der Waals surface area contributed by atoms with Crippen LogP contribution in [0.3, 0.4) is 0 Å². The minimum absolute atomic E-state index is 0.209. The number of ether oxygens (including phenoxy) is 1. The third-order valence-electron chi connectivity index (χ3n) is 4.66. The zero-order chi connectivity index (χ0) is 17.6. The summed E-state index contributed by atoms with van der Waals surface area (Å²) in [6.45, 7) is 6.22. The van der Waals surface area contributed by atoms with Crippen molar-refractivity contribution in [2.24, 2.45) is 0 Å². The van der Waals surface area contributed by atoms with Crippen LogP contribution >= 0.6 is 0 Å². The molecule has 0 spiro atoms. The summed E-state index contributed by atoms with van der Waals surface area (Å²) in [7, 11) is 0. The molecule has 3 rings (SSSR count). The second kappa shape index (κ2) is 8.05. The molecule has 0 aliphatic carbocycles. The van der Waals surface area contributed by atoms with Gasteiger partial charge in [-0.25, -0.2) is 4.79 Å². The number of carbonyl (C=O) groups excluding carboxylic acids is 1. The van der Waals surface area contributed by atoms with E-state index in [9.17, 15) is 4.79 Å². The van der Waals surface area contributed by atoms with Crippen molar-refractivity contribution in [2.75, 3.05) is 19.7 Å². The van der Waals surface area contributed by atoms with E-state index in [4.69, 9.17) is 9.57 Å². The molecule has 0 radical (unpaired) electrons. The van der Waals surface area contributed by atoms with E-state index in [0.717, 1.165) is 37.2 Å². The van der Waals surface area contributed by atoms with E-state index in [1.165, 1.54) is 5.56 Å². The van der Waals surface area contributed by atoms with E-state index < -0.39 is 0 Å². The number of amides is 1. The van der Waals surface area contributed by atoms with Crippen LogP contribution in [0.1, 0.15) is 42.5 Å². The van der Waals surface area contributed by atoms with Gasteiger partial charge in [0, 0.05) is 18.7 Å². The Balaban J connectivity index is 1.57. The predicted octanol–water partition coefficient (Wildman–Crippen LogP) is 3.16. The summed E-state index contributed by atoms with van der Waals surface area (Å²) in [6, 6.07) is 10.0. The molecule has 0 saturated carbocycles. The van der Waals surface area contributed by atoms with E-state index in [1.54, 1.807) is 9.75 Å². The number of nitrogens with zero attached hydrogens (tertiary/aromatic N) is 3. The minimum Gasteiger partial charge on any atom is -0.450 e. The predicted molar refractivity (Wildman–Crippen MR) is 94.3 cm³/mol. The molecule has 2 heterocycles. The van der Waals surface area contributed by atoms with Crippen LogP contribution < -0.4 is 4.84 Å². The van der Waals surface area contributed by atoms with E-state index in [0.29, 0.717) is 19.1 Å². The molecule has 1 saturated heterocycles. The number of hydrogen-bond donors (Lipinski definition) is 0. The van der Waals surface area contributed by atoms with Crippen molar-refractivity contribution < 1.29 is 14.4 Å². The van der Waals surface area contributed by atoms with Crippen molar-refractivity contribution in [3.63, 3.8) is 0 Å². The molecule has 25 heavy (non-hydrogen) atoms. The Hall–Kier alpha value is -2.50. The Morgan fingerprint density at radius 1 is 1.24 bits per heavy atom. The monoisotopic (exact) mass is 343 g/mol. The van der Waals surface area contributed by atoms with Crippen LogP contribution in [0.15, 0.2) is 36.5 Å². The average Bonchev–Trinajstić information content (AvgIpc) is 3.02. The zero-order valence-corrected chi connectivity index (χ0v) is 14.9. The number of benzene rings is 1. The molecule has 2 aromatic rings. The Labute approximate surface area is 148 Å². The highest BCUT2D eigenvalue weighted by Crippen LogP contribution is 2.30. The molecule has 6 nitrogen and oxygen atoms in total. The molecule has 1 aliphatic heterocycles. The van der Waals surface area contributed by atoms with Crippen molar-refractivity contribution in [3.05, 3.63) is 53.3 Å². The number of likely N-dealkylation sites (tertiary alicyclic amines) is 1. The van der Waals surface area contributed by atoms with Gasteiger partial charge >= 0.3 is 6.09 Å². The van der Waals surface area contributed by atoms with Gasteiger partial charge in [0.25, 0.3) is 0 Å². The first kappa shape index (κ1) is 17.3. The van der Waals surface area contributed by atoms with Crippen LogP contribution in [-0.4, -0.2) is 40.6 Å². The van der Waals surface area contributed by atoms with E-state index in [1.807, 2.05) is 50.4 Å². The fourth-order valence-electron chi connectivity index (χ4n) is 3.23. The number of rotatable bonds is 5. The summed E-state index contributed by atoms with van der Waals surface area (Å²) in [5.41, 5.74) is 3.35. The number of hydrogen-bond acceptors (Lipinski definition) is 4. The van der Waals surface area contributed by atoms with Crippen molar-refractivity contribution in [2.45, 2.75) is 39.2 Å². The maximum absolute atomic E-state index is 11.8. The number of piperidine rings is 1. The fourth-order valence-corrected chi connectivity index (χ4v) is 3.23. The molecular weight excluding hydrogens is 318 g/mol. The van der Waals surface area contributed by atoms with Gasteiger partial charge in [0.1, 0.15) is 6.61 Å². The summed E-state index contributed by atoms with van der Waals surface area (Å²) in [4.78, 5) is 21.0. The Kier molecular flexibility index (Phi) is 5.58. The van der Waals surface area contributed by atoms with Gasteiger partial charge in [0.15, 0.2) is 0 Å². The SMILES string of the molecule is CCOC(=O)N1CCC(c2cnn(OCc3ccccc3)c2C)CC1. The first-order valence-corrected chi connectivity index (χ1v) is 8.82. The average molecular weight is 343 g/mol. The van der Waals surface area contributed by atoms with Crippen molar-refractivity contribution in [1.29, 1.82) is 0 Å². The molecule has 0 unspecified atom stereocenters. The first-order chi connectivity index (χ1) is 12.2. The third-order valence-corrected chi connectivity index (χ3v) is 4.66.